The van der Waals surface area contributed by atoms with Crippen LogP contribution in [0, 0.1) is 20.8 Å². The summed E-state index contributed by atoms with van der Waals surface area (Å²) in [5.41, 5.74) is 3.84. The van der Waals surface area contributed by atoms with Gasteiger partial charge in [-0.2, -0.15) is 0 Å². The van der Waals surface area contributed by atoms with E-state index in [1.54, 1.807) is 0 Å². The number of rotatable bonds is 5. The molecule has 0 saturated heterocycles. The topological polar surface area (TPSA) is 25.8 Å². The second-order valence-electron chi connectivity index (χ2n) is 4.04. The van der Waals surface area contributed by atoms with E-state index in [4.69, 9.17) is 4.74 Å². The van der Waals surface area contributed by atoms with E-state index in [2.05, 4.69) is 45.1 Å². The largest absolute Gasteiger partial charge is 0.487 e. The molecule has 0 fully saturated rings. The van der Waals surface area contributed by atoms with Crippen molar-refractivity contribution >= 4 is 0 Å². The average Bonchev–Trinajstić information content (AvgIpc) is 2.19. The Morgan fingerprint density at radius 3 is 2.60 bits per heavy atom. The molecule has 0 aliphatic rings. The molecule has 1 rings (SSSR count). The normalized spacial score (nSPS) is 10.4. The van der Waals surface area contributed by atoms with Crippen molar-refractivity contribution < 1.29 is 10.1 Å². The summed E-state index contributed by atoms with van der Waals surface area (Å²) in [6, 6.07) is 4.31. The third-order valence-electron chi connectivity index (χ3n) is 2.63. The molecule has 0 radical (unpaired) electrons. The van der Waals surface area contributed by atoms with Crippen LogP contribution in [-0.4, -0.2) is 19.7 Å². The van der Waals surface area contributed by atoms with E-state index < -0.39 is 0 Å². The number of ether oxygens (including phenoxy) is 1. The van der Waals surface area contributed by atoms with Crippen LogP contribution in [0.1, 0.15) is 23.6 Å². The maximum atomic E-state index is 5.77. The van der Waals surface area contributed by atoms with Gasteiger partial charge in [0.1, 0.15) is 18.9 Å². The average molecular weight is 208 g/mol. The molecule has 15 heavy (non-hydrogen) atoms. The van der Waals surface area contributed by atoms with E-state index >= 15 is 0 Å². The molecule has 0 aliphatic carbocycles. The molecule has 0 unspecified atom stereocenters. The zero-order chi connectivity index (χ0) is 11.3. The van der Waals surface area contributed by atoms with Crippen LogP contribution >= 0.6 is 0 Å². The fraction of sp³-hybridized carbons (Fsp3) is 0.538. The highest BCUT2D eigenvalue weighted by Crippen LogP contribution is 2.22. The molecule has 1 aromatic rings. The standard InChI is InChI=1S/C13H21NO/c1-5-14-6-7-15-13-9-10(2)8-11(3)12(13)4/h8-9,14H,5-7H2,1-4H3/p+1. The maximum absolute atomic E-state index is 5.77. The number of benzene rings is 1. The predicted octanol–water partition coefficient (Wildman–Crippen LogP) is 1.57. The van der Waals surface area contributed by atoms with Gasteiger partial charge in [0.25, 0.3) is 0 Å². The quantitative estimate of drug-likeness (QED) is 0.730. The lowest BCUT2D eigenvalue weighted by Crippen LogP contribution is -2.84. The van der Waals surface area contributed by atoms with Gasteiger partial charge in [-0.1, -0.05) is 6.07 Å². The van der Waals surface area contributed by atoms with E-state index in [9.17, 15) is 0 Å². The molecule has 84 valence electrons. The molecule has 0 aliphatic heterocycles. The Balaban J connectivity index is 2.60. The number of hydrogen-bond donors (Lipinski definition) is 1. The van der Waals surface area contributed by atoms with E-state index in [0.717, 1.165) is 25.4 Å². The van der Waals surface area contributed by atoms with E-state index in [0.29, 0.717) is 0 Å². The number of quaternary nitrogens is 1. The number of aryl methyl sites for hydroxylation is 2. The SMILES string of the molecule is CC[NH2+]CCOc1cc(C)cc(C)c1C. The second kappa shape index (κ2) is 5.76. The summed E-state index contributed by atoms with van der Waals surface area (Å²) in [4.78, 5) is 0. The minimum atomic E-state index is 0.789. The molecular weight excluding hydrogens is 186 g/mol. The van der Waals surface area contributed by atoms with Crippen molar-refractivity contribution in [2.24, 2.45) is 0 Å². The molecule has 2 nitrogen and oxygen atoms in total. The van der Waals surface area contributed by atoms with Crippen LogP contribution in [0.3, 0.4) is 0 Å². The molecule has 1 aromatic carbocycles. The highest BCUT2D eigenvalue weighted by molar-refractivity contribution is 5.41. The molecule has 2 heteroatoms. The lowest BCUT2D eigenvalue weighted by atomic mass is 10.1. The number of likely N-dealkylation sites (N-methyl/N-ethyl adjacent to an activating group) is 1. The van der Waals surface area contributed by atoms with Gasteiger partial charge in [-0.05, 0) is 50.5 Å². The Bertz CT molecular complexity index is 321. The minimum absolute atomic E-state index is 0.789. The van der Waals surface area contributed by atoms with E-state index in [-0.39, 0.29) is 0 Å². The Morgan fingerprint density at radius 1 is 1.20 bits per heavy atom. The monoisotopic (exact) mass is 208 g/mol. The van der Waals surface area contributed by atoms with Gasteiger partial charge in [-0.25, -0.2) is 0 Å². The first-order valence-corrected chi connectivity index (χ1v) is 5.67. The molecule has 0 bridgehead atoms. The highest BCUT2D eigenvalue weighted by atomic mass is 16.5. The van der Waals surface area contributed by atoms with Gasteiger partial charge in [0.05, 0.1) is 6.54 Å². The summed E-state index contributed by atoms with van der Waals surface area (Å²) in [6.45, 7) is 11.5. The van der Waals surface area contributed by atoms with Crippen molar-refractivity contribution in [3.05, 3.63) is 28.8 Å². The third-order valence-corrected chi connectivity index (χ3v) is 2.63. The first kappa shape index (κ1) is 12.1. The third kappa shape index (κ3) is 3.56. The second-order valence-corrected chi connectivity index (χ2v) is 4.04. The summed E-state index contributed by atoms with van der Waals surface area (Å²) >= 11 is 0. The van der Waals surface area contributed by atoms with Crippen molar-refractivity contribution in [2.75, 3.05) is 19.7 Å². The van der Waals surface area contributed by atoms with E-state index in [1.165, 1.54) is 16.7 Å². The van der Waals surface area contributed by atoms with Crippen molar-refractivity contribution in [3.63, 3.8) is 0 Å². The van der Waals surface area contributed by atoms with Crippen LogP contribution < -0.4 is 10.1 Å². The van der Waals surface area contributed by atoms with Crippen molar-refractivity contribution in [1.82, 2.24) is 0 Å². The zero-order valence-corrected chi connectivity index (χ0v) is 10.3. The Labute approximate surface area is 92.6 Å². The number of nitrogens with two attached hydrogens (primary N) is 1. The van der Waals surface area contributed by atoms with Gasteiger partial charge in [0.15, 0.2) is 0 Å². The van der Waals surface area contributed by atoms with Crippen LogP contribution in [0.5, 0.6) is 5.75 Å². The van der Waals surface area contributed by atoms with Gasteiger partial charge in [0.2, 0.25) is 0 Å². The lowest BCUT2D eigenvalue weighted by Gasteiger charge is -2.11. The van der Waals surface area contributed by atoms with Gasteiger partial charge >= 0.3 is 0 Å². The maximum Gasteiger partial charge on any atom is 0.137 e. The molecule has 0 heterocycles. The number of hydrogen-bond acceptors (Lipinski definition) is 1. The zero-order valence-electron chi connectivity index (χ0n) is 10.3. The van der Waals surface area contributed by atoms with E-state index in [1.807, 2.05) is 0 Å². The summed E-state index contributed by atoms with van der Waals surface area (Å²) < 4.78 is 5.77. The van der Waals surface area contributed by atoms with Crippen LogP contribution in [0.15, 0.2) is 12.1 Å². The molecule has 0 spiro atoms. The summed E-state index contributed by atoms with van der Waals surface area (Å²) in [5, 5.41) is 2.25. The Kier molecular flexibility index (Phi) is 4.63. The van der Waals surface area contributed by atoms with Crippen molar-refractivity contribution in [3.8, 4) is 5.75 Å². The van der Waals surface area contributed by atoms with Gasteiger partial charge in [-0.15, -0.1) is 0 Å². The van der Waals surface area contributed by atoms with Crippen LogP contribution in [-0.2, 0) is 0 Å². The fourth-order valence-corrected chi connectivity index (χ4v) is 1.61. The molecule has 0 atom stereocenters. The summed E-state index contributed by atoms with van der Waals surface area (Å²) in [5.74, 6) is 1.04. The van der Waals surface area contributed by atoms with Crippen LogP contribution in [0.2, 0.25) is 0 Å². The van der Waals surface area contributed by atoms with Crippen LogP contribution in [0.25, 0.3) is 0 Å². The lowest BCUT2D eigenvalue weighted by molar-refractivity contribution is -0.652. The first-order chi connectivity index (χ1) is 7.15. The fourth-order valence-electron chi connectivity index (χ4n) is 1.61. The molecule has 0 saturated carbocycles. The molecule has 0 aromatic heterocycles. The van der Waals surface area contributed by atoms with Crippen molar-refractivity contribution in [2.45, 2.75) is 27.7 Å². The highest BCUT2D eigenvalue weighted by Gasteiger charge is 2.03. The molecule has 2 N–H and O–H groups in total. The van der Waals surface area contributed by atoms with Crippen molar-refractivity contribution in [1.29, 1.82) is 0 Å². The smallest absolute Gasteiger partial charge is 0.137 e. The van der Waals surface area contributed by atoms with Gasteiger partial charge in [0, 0.05) is 0 Å². The minimum Gasteiger partial charge on any atom is -0.487 e. The van der Waals surface area contributed by atoms with Gasteiger partial charge in [-0.3, -0.25) is 0 Å². The van der Waals surface area contributed by atoms with Gasteiger partial charge < -0.3 is 10.1 Å². The Hall–Kier alpha value is -1.02. The first-order valence-electron chi connectivity index (χ1n) is 5.67. The predicted molar refractivity (Wildman–Crippen MR) is 63.5 cm³/mol. The molecular formula is C13H22NO+. The van der Waals surface area contributed by atoms with Crippen LogP contribution in [0.4, 0.5) is 0 Å². The summed E-state index contributed by atoms with van der Waals surface area (Å²) in [7, 11) is 0. The Morgan fingerprint density at radius 2 is 1.93 bits per heavy atom. The molecule has 0 amide bonds. The summed E-state index contributed by atoms with van der Waals surface area (Å²) in [6.07, 6.45) is 0.